The maximum atomic E-state index is 3.98. The molecule has 0 bridgehead atoms. The summed E-state index contributed by atoms with van der Waals surface area (Å²) in [7, 11) is 0. The number of hydrogen-bond acceptors (Lipinski definition) is 0. The second kappa shape index (κ2) is 4.58. The highest BCUT2D eigenvalue weighted by Crippen LogP contribution is 2.27. The molecular formula is C11H20. The van der Waals surface area contributed by atoms with Gasteiger partial charge in [-0.25, -0.2) is 0 Å². The average molecular weight is 152 g/mol. The number of hydrogen-bond donors (Lipinski definition) is 0. The quantitative estimate of drug-likeness (QED) is 0.415. The smallest absolute Gasteiger partial charge is 0.0297 e. The number of allylic oxidation sites excluding steroid dienone is 1. The van der Waals surface area contributed by atoms with E-state index in [4.69, 9.17) is 0 Å². The third-order valence-corrected chi connectivity index (χ3v) is 2.61. The molecule has 0 heterocycles. The molecule has 1 rings (SSSR count). The van der Waals surface area contributed by atoms with E-state index in [0.29, 0.717) is 0 Å². The molecule has 1 aliphatic carbocycles. The van der Waals surface area contributed by atoms with Crippen LogP contribution in [0.3, 0.4) is 0 Å². The Bertz CT molecular complexity index is 116. The van der Waals surface area contributed by atoms with Crippen LogP contribution in [-0.4, -0.2) is 0 Å². The van der Waals surface area contributed by atoms with Crippen LogP contribution in [0.25, 0.3) is 0 Å². The molecule has 1 fully saturated rings. The molecule has 0 N–H and O–H groups in total. The second-order valence-electron chi connectivity index (χ2n) is 4.02. The molecule has 0 aliphatic heterocycles. The highest BCUT2D eigenvalue weighted by molar-refractivity contribution is 4.90. The van der Waals surface area contributed by atoms with Gasteiger partial charge in [-0.1, -0.05) is 44.1 Å². The fourth-order valence-corrected chi connectivity index (χ4v) is 2.06. The van der Waals surface area contributed by atoms with Crippen molar-refractivity contribution in [2.24, 2.45) is 5.92 Å². The van der Waals surface area contributed by atoms with Gasteiger partial charge in [0.1, 0.15) is 0 Å². The van der Waals surface area contributed by atoms with Crippen LogP contribution in [0.5, 0.6) is 0 Å². The van der Waals surface area contributed by atoms with Crippen molar-refractivity contribution in [1.29, 1.82) is 0 Å². The molecule has 0 nitrogen and oxygen atoms in total. The van der Waals surface area contributed by atoms with Gasteiger partial charge < -0.3 is 0 Å². The molecule has 0 unspecified atom stereocenters. The summed E-state index contributed by atoms with van der Waals surface area (Å²) in [6.45, 7) is 6.14. The molecule has 0 amide bonds. The SMILES string of the molecule is C=C(C)CC1CCCCCC1. The van der Waals surface area contributed by atoms with Crippen molar-refractivity contribution in [2.75, 3.05) is 0 Å². The summed E-state index contributed by atoms with van der Waals surface area (Å²) >= 11 is 0. The Hall–Kier alpha value is -0.260. The molecule has 0 atom stereocenters. The van der Waals surface area contributed by atoms with Gasteiger partial charge >= 0.3 is 0 Å². The highest BCUT2D eigenvalue weighted by Gasteiger charge is 2.11. The predicted molar refractivity (Wildman–Crippen MR) is 50.6 cm³/mol. The maximum absolute atomic E-state index is 3.98. The Morgan fingerprint density at radius 2 is 1.73 bits per heavy atom. The van der Waals surface area contributed by atoms with E-state index in [-0.39, 0.29) is 0 Å². The van der Waals surface area contributed by atoms with E-state index < -0.39 is 0 Å². The van der Waals surface area contributed by atoms with Crippen LogP contribution in [0.15, 0.2) is 12.2 Å². The first-order valence-electron chi connectivity index (χ1n) is 4.93. The van der Waals surface area contributed by atoms with Gasteiger partial charge in [0.15, 0.2) is 0 Å². The molecule has 11 heavy (non-hydrogen) atoms. The standard InChI is InChI=1S/C11H20/c1-10(2)9-11-7-5-3-4-6-8-11/h11H,1,3-9H2,2H3. The summed E-state index contributed by atoms with van der Waals surface area (Å²) < 4.78 is 0. The lowest BCUT2D eigenvalue weighted by Gasteiger charge is -2.12. The van der Waals surface area contributed by atoms with Crippen LogP contribution in [0.1, 0.15) is 51.9 Å². The Labute approximate surface area is 70.7 Å². The van der Waals surface area contributed by atoms with Crippen molar-refractivity contribution in [1.82, 2.24) is 0 Å². The van der Waals surface area contributed by atoms with Crippen molar-refractivity contribution in [3.63, 3.8) is 0 Å². The van der Waals surface area contributed by atoms with Gasteiger partial charge in [-0.05, 0) is 19.3 Å². The summed E-state index contributed by atoms with van der Waals surface area (Å²) in [5, 5.41) is 0. The molecule has 0 saturated heterocycles. The molecule has 0 aromatic heterocycles. The van der Waals surface area contributed by atoms with Crippen molar-refractivity contribution >= 4 is 0 Å². The van der Waals surface area contributed by atoms with E-state index in [1.54, 1.807) is 0 Å². The van der Waals surface area contributed by atoms with Gasteiger partial charge in [-0.3, -0.25) is 0 Å². The van der Waals surface area contributed by atoms with Gasteiger partial charge in [0.05, 0.1) is 0 Å². The van der Waals surface area contributed by atoms with E-state index >= 15 is 0 Å². The van der Waals surface area contributed by atoms with Crippen LogP contribution in [0, 0.1) is 5.92 Å². The van der Waals surface area contributed by atoms with Crippen LogP contribution >= 0.6 is 0 Å². The first-order valence-corrected chi connectivity index (χ1v) is 4.93. The van der Waals surface area contributed by atoms with Crippen molar-refractivity contribution in [3.8, 4) is 0 Å². The zero-order valence-corrected chi connectivity index (χ0v) is 7.73. The van der Waals surface area contributed by atoms with E-state index in [2.05, 4.69) is 13.5 Å². The Balaban J connectivity index is 2.25. The van der Waals surface area contributed by atoms with Crippen molar-refractivity contribution < 1.29 is 0 Å². The maximum Gasteiger partial charge on any atom is -0.0297 e. The highest BCUT2D eigenvalue weighted by atomic mass is 14.2. The van der Waals surface area contributed by atoms with Crippen LogP contribution in [-0.2, 0) is 0 Å². The molecule has 64 valence electrons. The lowest BCUT2D eigenvalue weighted by Crippen LogP contribution is -1.98. The zero-order valence-electron chi connectivity index (χ0n) is 7.73. The molecule has 0 radical (unpaired) electrons. The van der Waals surface area contributed by atoms with Crippen molar-refractivity contribution in [2.45, 2.75) is 51.9 Å². The first kappa shape index (κ1) is 8.83. The second-order valence-corrected chi connectivity index (χ2v) is 4.02. The molecule has 1 saturated carbocycles. The topological polar surface area (TPSA) is 0 Å². The largest absolute Gasteiger partial charge is 0.100 e. The van der Waals surface area contributed by atoms with Gasteiger partial charge in [0, 0.05) is 0 Å². The number of rotatable bonds is 2. The lowest BCUT2D eigenvalue weighted by molar-refractivity contribution is 0.457. The Morgan fingerprint density at radius 3 is 2.18 bits per heavy atom. The van der Waals surface area contributed by atoms with Crippen LogP contribution in [0.4, 0.5) is 0 Å². The normalized spacial score (nSPS) is 21.2. The van der Waals surface area contributed by atoms with E-state index in [1.807, 2.05) is 0 Å². The van der Waals surface area contributed by atoms with Crippen LogP contribution in [0.2, 0.25) is 0 Å². The summed E-state index contributed by atoms with van der Waals surface area (Å²) in [5.74, 6) is 0.968. The zero-order chi connectivity index (χ0) is 8.10. The fraction of sp³-hybridized carbons (Fsp3) is 0.818. The summed E-state index contributed by atoms with van der Waals surface area (Å²) in [6.07, 6.45) is 10.0. The van der Waals surface area contributed by atoms with E-state index in [0.717, 1.165) is 5.92 Å². The first-order chi connectivity index (χ1) is 5.29. The molecule has 0 heteroatoms. The van der Waals surface area contributed by atoms with Gasteiger partial charge in [-0.15, -0.1) is 6.58 Å². The summed E-state index contributed by atoms with van der Waals surface area (Å²) in [5.41, 5.74) is 1.37. The third kappa shape index (κ3) is 3.60. The minimum atomic E-state index is 0.968. The molecule has 1 aliphatic rings. The van der Waals surface area contributed by atoms with Gasteiger partial charge in [0.25, 0.3) is 0 Å². The van der Waals surface area contributed by atoms with Gasteiger partial charge in [-0.2, -0.15) is 0 Å². The molecule has 0 aromatic rings. The van der Waals surface area contributed by atoms with E-state index in [1.165, 1.54) is 50.5 Å². The summed E-state index contributed by atoms with van der Waals surface area (Å²) in [6, 6.07) is 0. The van der Waals surface area contributed by atoms with Crippen LogP contribution < -0.4 is 0 Å². The van der Waals surface area contributed by atoms with Crippen molar-refractivity contribution in [3.05, 3.63) is 12.2 Å². The predicted octanol–water partition coefficient (Wildman–Crippen LogP) is 3.92. The minimum absolute atomic E-state index is 0.968. The minimum Gasteiger partial charge on any atom is -0.100 e. The monoisotopic (exact) mass is 152 g/mol. The molecular weight excluding hydrogens is 132 g/mol. The lowest BCUT2D eigenvalue weighted by atomic mass is 9.94. The Kier molecular flexibility index (Phi) is 3.68. The van der Waals surface area contributed by atoms with E-state index in [9.17, 15) is 0 Å². The average Bonchev–Trinajstić information content (AvgIpc) is 2.14. The Morgan fingerprint density at radius 1 is 1.18 bits per heavy atom. The van der Waals surface area contributed by atoms with Gasteiger partial charge in [0.2, 0.25) is 0 Å². The summed E-state index contributed by atoms with van der Waals surface area (Å²) in [4.78, 5) is 0. The molecule has 0 aromatic carbocycles. The molecule has 0 spiro atoms. The fourth-order valence-electron chi connectivity index (χ4n) is 2.06. The third-order valence-electron chi connectivity index (χ3n) is 2.61.